The van der Waals surface area contributed by atoms with Gasteiger partial charge in [-0.15, -0.1) is 5.54 Å². The molecule has 0 aliphatic carbocycles. The molecule has 0 radical (unpaired) electrons. The molecule has 1 aromatic rings. The van der Waals surface area contributed by atoms with Crippen LogP contribution in [0.3, 0.4) is 0 Å². The van der Waals surface area contributed by atoms with Crippen LogP contribution in [0.25, 0.3) is 0 Å². The molecule has 5 heteroatoms. The van der Waals surface area contributed by atoms with E-state index in [0.717, 1.165) is 18.4 Å². The van der Waals surface area contributed by atoms with Gasteiger partial charge in [0.25, 0.3) is 10.1 Å². The molecule has 0 N–H and O–H groups in total. The molecule has 1 rings (SSSR count). The van der Waals surface area contributed by atoms with Crippen molar-refractivity contribution in [3.63, 3.8) is 0 Å². The highest BCUT2D eigenvalue weighted by Crippen LogP contribution is 2.17. The van der Waals surface area contributed by atoms with Crippen molar-refractivity contribution >= 4 is 18.2 Å². The van der Waals surface area contributed by atoms with Crippen molar-refractivity contribution in [3.05, 3.63) is 29.8 Å². The Morgan fingerprint density at radius 1 is 1.18 bits per heavy atom. The lowest BCUT2D eigenvalue weighted by molar-refractivity contribution is 0.250. The van der Waals surface area contributed by atoms with Gasteiger partial charge in [-0.05, 0) is 25.5 Å². The SMILES string of the molecule is CCCC[C@@H](C#C[Si](C)(C)C)OS(=O)(=O)c1ccc(C)cc1. The van der Waals surface area contributed by atoms with Gasteiger partial charge in [0.1, 0.15) is 14.2 Å². The van der Waals surface area contributed by atoms with Crippen LogP contribution in [-0.2, 0) is 14.3 Å². The van der Waals surface area contributed by atoms with Gasteiger partial charge >= 0.3 is 0 Å². The highest BCUT2D eigenvalue weighted by molar-refractivity contribution is 7.86. The van der Waals surface area contributed by atoms with Crippen LogP contribution >= 0.6 is 0 Å². The van der Waals surface area contributed by atoms with Gasteiger partial charge in [0, 0.05) is 0 Å². The minimum atomic E-state index is -3.76. The molecule has 0 heterocycles. The summed E-state index contributed by atoms with van der Waals surface area (Å²) >= 11 is 0. The number of benzene rings is 1. The lowest BCUT2D eigenvalue weighted by Gasteiger charge is -2.13. The fourth-order valence-corrected chi connectivity index (χ4v) is 3.37. The van der Waals surface area contributed by atoms with Crippen LogP contribution in [0, 0.1) is 18.4 Å². The van der Waals surface area contributed by atoms with Crippen molar-refractivity contribution in [2.24, 2.45) is 0 Å². The Morgan fingerprint density at radius 3 is 2.27 bits per heavy atom. The van der Waals surface area contributed by atoms with E-state index in [4.69, 9.17) is 4.18 Å². The summed E-state index contributed by atoms with van der Waals surface area (Å²) in [6.45, 7) is 10.4. The van der Waals surface area contributed by atoms with Gasteiger partial charge < -0.3 is 0 Å². The van der Waals surface area contributed by atoms with Crippen LogP contribution in [-0.4, -0.2) is 22.6 Å². The Kier molecular flexibility index (Phi) is 6.85. The molecular weight excluding hydrogens is 312 g/mol. The minimum Gasteiger partial charge on any atom is -0.250 e. The molecule has 1 aromatic carbocycles. The standard InChI is InChI=1S/C17H26O3SSi/c1-6-7-8-16(13-14-22(3,4)5)20-21(18,19)17-11-9-15(2)10-12-17/h9-12,16H,6-8H2,1-5H3/t16-/m0/s1. The highest BCUT2D eigenvalue weighted by atomic mass is 32.2. The number of unbranched alkanes of at least 4 members (excludes halogenated alkanes) is 1. The predicted molar refractivity (Wildman–Crippen MR) is 93.9 cm³/mol. The van der Waals surface area contributed by atoms with Crippen LogP contribution < -0.4 is 0 Å². The second-order valence-corrected chi connectivity index (χ2v) is 12.8. The second-order valence-electron chi connectivity index (χ2n) is 6.51. The molecule has 0 amide bonds. The number of hydrogen-bond acceptors (Lipinski definition) is 3. The molecule has 0 saturated carbocycles. The van der Waals surface area contributed by atoms with E-state index in [1.54, 1.807) is 24.3 Å². The first-order valence-corrected chi connectivity index (χ1v) is 12.6. The molecule has 0 fully saturated rings. The van der Waals surface area contributed by atoms with E-state index in [2.05, 4.69) is 38.0 Å². The van der Waals surface area contributed by atoms with Crippen molar-refractivity contribution in [1.29, 1.82) is 0 Å². The minimum absolute atomic E-state index is 0.189. The summed E-state index contributed by atoms with van der Waals surface area (Å²) in [7, 11) is -5.32. The molecule has 22 heavy (non-hydrogen) atoms. The zero-order chi connectivity index (χ0) is 16.8. The van der Waals surface area contributed by atoms with E-state index in [0.29, 0.717) is 6.42 Å². The summed E-state index contributed by atoms with van der Waals surface area (Å²) in [5.74, 6) is 3.04. The summed E-state index contributed by atoms with van der Waals surface area (Å²) in [6.07, 6.45) is 1.96. The van der Waals surface area contributed by atoms with Crippen molar-refractivity contribution in [1.82, 2.24) is 0 Å². The van der Waals surface area contributed by atoms with Crippen LogP contribution in [0.5, 0.6) is 0 Å². The monoisotopic (exact) mass is 338 g/mol. The van der Waals surface area contributed by atoms with Crippen molar-refractivity contribution in [2.75, 3.05) is 0 Å². The van der Waals surface area contributed by atoms with Gasteiger partial charge in [-0.25, -0.2) is 4.18 Å². The van der Waals surface area contributed by atoms with Crippen LogP contribution in [0.15, 0.2) is 29.2 Å². The summed E-state index contributed by atoms with van der Waals surface area (Å²) in [5.41, 5.74) is 4.23. The highest BCUT2D eigenvalue weighted by Gasteiger charge is 2.20. The zero-order valence-electron chi connectivity index (χ0n) is 14.1. The Labute approximate surface area is 136 Å². The first-order valence-electron chi connectivity index (χ1n) is 7.67. The van der Waals surface area contributed by atoms with Gasteiger partial charge in [-0.1, -0.05) is 63.0 Å². The summed E-state index contributed by atoms with van der Waals surface area (Å²) in [6, 6.07) is 6.69. The predicted octanol–water partition coefficient (Wildman–Crippen LogP) is 4.14. The molecule has 122 valence electrons. The molecule has 0 aromatic heterocycles. The Hall–Kier alpha value is -1.09. The third-order valence-corrected chi connectivity index (χ3v) is 5.21. The number of rotatable bonds is 6. The van der Waals surface area contributed by atoms with Gasteiger partial charge in [0.15, 0.2) is 0 Å². The lowest BCUT2D eigenvalue weighted by Crippen LogP contribution is -2.21. The van der Waals surface area contributed by atoms with E-state index in [9.17, 15) is 8.42 Å². The van der Waals surface area contributed by atoms with E-state index < -0.39 is 24.3 Å². The van der Waals surface area contributed by atoms with Crippen LogP contribution in [0.2, 0.25) is 19.6 Å². The number of aryl methyl sites for hydroxylation is 1. The lowest BCUT2D eigenvalue weighted by atomic mass is 10.2. The van der Waals surface area contributed by atoms with Crippen molar-refractivity contribution in [2.45, 2.75) is 63.8 Å². The van der Waals surface area contributed by atoms with Crippen molar-refractivity contribution in [3.8, 4) is 11.5 Å². The molecule has 0 aliphatic heterocycles. The average molecular weight is 339 g/mol. The Morgan fingerprint density at radius 2 is 1.77 bits per heavy atom. The quantitative estimate of drug-likeness (QED) is 0.445. The van der Waals surface area contributed by atoms with E-state index >= 15 is 0 Å². The Bertz CT molecular complexity index is 631. The topological polar surface area (TPSA) is 43.4 Å². The maximum atomic E-state index is 12.4. The Balaban J connectivity index is 2.95. The van der Waals surface area contributed by atoms with Gasteiger partial charge in [-0.3, -0.25) is 0 Å². The van der Waals surface area contributed by atoms with Crippen LogP contribution in [0.4, 0.5) is 0 Å². The summed E-state index contributed by atoms with van der Waals surface area (Å²) in [5, 5.41) is 0. The first-order chi connectivity index (χ1) is 10.1. The molecule has 1 atom stereocenters. The molecular formula is C17H26O3SSi. The molecule has 0 aliphatic rings. The normalized spacial score (nSPS) is 13.3. The summed E-state index contributed by atoms with van der Waals surface area (Å²) in [4.78, 5) is 0.189. The van der Waals surface area contributed by atoms with E-state index in [1.807, 2.05) is 6.92 Å². The second kappa shape index (κ2) is 7.96. The molecule has 0 spiro atoms. The fraction of sp³-hybridized carbons (Fsp3) is 0.529. The smallest absolute Gasteiger partial charge is 0.250 e. The molecule has 3 nitrogen and oxygen atoms in total. The fourth-order valence-electron chi connectivity index (χ4n) is 1.74. The molecule has 0 bridgehead atoms. The first kappa shape index (κ1) is 19.0. The van der Waals surface area contributed by atoms with Crippen LogP contribution in [0.1, 0.15) is 31.7 Å². The zero-order valence-corrected chi connectivity index (χ0v) is 16.0. The molecule has 0 unspecified atom stereocenters. The van der Waals surface area contributed by atoms with Gasteiger partial charge in [0.05, 0.1) is 4.90 Å². The third-order valence-electron chi connectivity index (χ3n) is 2.98. The maximum Gasteiger partial charge on any atom is 0.298 e. The van der Waals surface area contributed by atoms with E-state index in [-0.39, 0.29) is 4.90 Å². The van der Waals surface area contributed by atoms with Crippen molar-refractivity contribution < 1.29 is 12.6 Å². The average Bonchev–Trinajstić information content (AvgIpc) is 2.41. The van der Waals surface area contributed by atoms with Gasteiger partial charge in [-0.2, -0.15) is 8.42 Å². The molecule has 0 saturated heterocycles. The third kappa shape index (κ3) is 6.78. The van der Waals surface area contributed by atoms with E-state index in [1.165, 1.54) is 0 Å². The maximum absolute atomic E-state index is 12.4. The number of hydrogen-bond donors (Lipinski definition) is 0. The summed E-state index contributed by atoms with van der Waals surface area (Å²) < 4.78 is 30.1. The largest absolute Gasteiger partial charge is 0.298 e. The van der Waals surface area contributed by atoms with Gasteiger partial charge in [0.2, 0.25) is 0 Å².